The minimum absolute atomic E-state index is 0.153. The van der Waals surface area contributed by atoms with Crippen LogP contribution in [0.5, 0.6) is 0 Å². The molecule has 1 aromatic heterocycles. The average Bonchev–Trinajstić information content (AvgIpc) is 3.16. The number of fused-ring (bicyclic) bond motifs is 2. The molecule has 6 heteroatoms. The molecular weight excluding hydrogens is 302 g/mol. The Labute approximate surface area is 141 Å². The maximum atomic E-state index is 12.9. The number of anilines is 1. The van der Waals surface area contributed by atoms with Crippen LogP contribution in [0, 0.1) is 6.92 Å². The quantitative estimate of drug-likeness (QED) is 0.928. The second-order valence-electron chi connectivity index (χ2n) is 6.75. The van der Waals surface area contributed by atoms with Crippen LogP contribution in [-0.2, 0) is 24.2 Å². The van der Waals surface area contributed by atoms with E-state index in [1.807, 2.05) is 41.6 Å². The van der Waals surface area contributed by atoms with Crippen LogP contribution in [0.15, 0.2) is 24.3 Å². The molecule has 0 aliphatic carbocycles. The first-order chi connectivity index (χ1) is 11.6. The summed E-state index contributed by atoms with van der Waals surface area (Å²) >= 11 is 0. The van der Waals surface area contributed by atoms with Gasteiger partial charge in [0.15, 0.2) is 0 Å². The Bertz CT molecular complexity index is 769. The smallest absolute Gasteiger partial charge is 0.243 e. The number of carbonyl (C=O) groups excluding carboxylic acids is 1. The lowest BCUT2D eigenvalue weighted by molar-refractivity contribution is -0.120. The van der Waals surface area contributed by atoms with Crippen molar-refractivity contribution in [3.05, 3.63) is 41.5 Å². The number of benzene rings is 1. The van der Waals surface area contributed by atoms with Gasteiger partial charge in [-0.15, -0.1) is 0 Å². The maximum Gasteiger partial charge on any atom is 0.243 e. The van der Waals surface area contributed by atoms with Crippen molar-refractivity contribution in [3.8, 4) is 0 Å². The monoisotopic (exact) mass is 325 g/mol. The fraction of sp³-hybridized carbons (Fsp3) is 0.500. The van der Waals surface area contributed by atoms with E-state index in [9.17, 15) is 4.79 Å². The highest BCUT2D eigenvalue weighted by molar-refractivity contribution is 5.98. The molecule has 1 aromatic carbocycles. The van der Waals surface area contributed by atoms with Gasteiger partial charge in [-0.05, 0) is 38.3 Å². The highest BCUT2D eigenvalue weighted by Crippen LogP contribution is 2.28. The molecular formula is C18H23N5O. The molecule has 4 rings (SSSR count). The van der Waals surface area contributed by atoms with Crippen molar-refractivity contribution in [1.82, 2.24) is 20.1 Å². The summed E-state index contributed by atoms with van der Waals surface area (Å²) in [7, 11) is 0. The fourth-order valence-electron chi connectivity index (χ4n) is 3.80. The van der Waals surface area contributed by atoms with E-state index in [4.69, 9.17) is 0 Å². The molecule has 0 fully saturated rings. The highest BCUT2D eigenvalue weighted by atomic mass is 16.2. The number of carbonyl (C=O) groups is 1. The lowest BCUT2D eigenvalue weighted by Crippen LogP contribution is -2.50. The van der Waals surface area contributed by atoms with Crippen molar-refractivity contribution in [2.45, 2.75) is 51.7 Å². The van der Waals surface area contributed by atoms with Gasteiger partial charge in [0.2, 0.25) is 5.91 Å². The zero-order valence-corrected chi connectivity index (χ0v) is 14.2. The fourth-order valence-corrected chi connectivity index (χ4v) is 3.80. The lowest BCUT2D eigenvalue weighted by Gasteiger charge is -2.29. The van der Waals surface area contributed by atoms with Crippen LogP contribution in [0.25, 0.3) is 0 Å². The largest absolute Gasteiger partial charge is 0.310 e. The van der Waals surface area contributed by atoms with Crippen molar-refractivity contribution in [3.63, 3.8) is 0 Å². The topological polar surface area (TPSA) is 63.1 Å². The number of hydrogen-bond acceptors (Lipinski definition) is 4. The van der Waals surface area contributed by atoms with Crippen molar-refractivity contribution in [2.75, 3.05) is 11.4 Å². The van der Waals surface area contributed by atoms with Crippen LogP contribution in [0.3, 0.4) is 0 Å². The molecule has 0 bridgehead atoms. The summed E-state index contributed by atoms with van der Waals surface area (Å²) in [4.78, 5) is 19.2. The lowest BCUT2D eigenvalue weighted by atomic mass is 10.1. The number of nitrogens with zero attached hydrogens (tertiary/aromatic N) is 4. The van der Waals surface area contributed by atoms with E-state index >= 15 is 0 Å². The number of aryl methyl sites for hydroxylation is 2. The maximum absolute atomic E-state index is 12.9. The first-order valence-corrected chi connectivity index (χ1v) is 8.67. The Kier molecular flexibility index (Phi) is 3.84. The van der Waals surface area contributed by atoms with Gasteiger partial charge < -0.3 is 10.2 Å². The number of hydrogen-bond donors (Lipinski definition) is 1. The minimum Gasteiger partial charge on any atom is -0.310 e. The first-order valence-electron chi connectivity index (χ1n) is 8.67. The molecule has 0 spiro atoms. The number of nitrogens with one attached hydrogen (secondary N) is 1. The number of amides is 1. The van der Waals surface area contributed by atoms with E-state index in [0.29, 0.717) is 0 Å². The van der Waals surface area contributed by atoms with Crippen LogP contribution in [-0.4, -0.2) is 39.3 Å². The van der Waals surface area contributed by atoms with Gasteiger partial charge in [0, 0.05) is 24.7 Å². The predicted molar refractivity (Wildman–Crippen MR) is 92.0 cm³/mol. The minimum atomic E-state index is -0.202. The number of rotatable bonds is 3. The van der Waals surface area contributed by atoms with Gasteiger partial charge in [0.05, 0.1) is 12.6 Å². The van der Waals surface area contributed by atoms with E-state index in [-0.39, 0.29) is 18.0 Å². The second-order valence-corrected chi connectivity index (χ2v) is 6.75. The van der Waals surface area contributed by atoms with Crippen molar-refractivity contribution < 1.29 is 4.79 Å². The molecule has 0 saturated carbocycles. The molecule has 0 unspecified atom stereocenters. The van der Waals surface area contributed by atoms with Gasteiger partial charge in [-0.25, -0.2) is 9.67 Å². The zero-order valence-electron chi connectivity index (χ0n) is 14.2. The van der Waals surface area contributed by atoms with Crippen LogP contribution in [0.2, 0.25) is 0 Å². The standard InChI is InChI=1S/C18H23N5O/c1-12(18(24)22-10-9-14-5-3-4-6-16(14)22)19-15-7-8-17-20-13(2)21-23(17)11-15/h3-6,12,15,19H,7-11H2,1-2H3/t12-,15+/m1/s1. The molecule has 2 aromatic rings. The Morgan fingerprint density at radius 2 is 2.17 bits per heavy atom. The van der Waals surface area contributed by atoms with Crippen LogP contribution >= 0.6 is 0 Å². The summed E-state index contributed by atoms with van der Waals surface area (Å²) in [5.74, 6) is 2.03. The molecule has 2 aliphatic rings. The van der Waals surface area contributed by atoms with Gasteiger partial charge in [-0.3, -0.25) is 4.79 Å². The Balaban J connectivity index is 1.42. The summed E-state index contributed by atoms with van der Waals surface area (Å²) in [5, 5.41) is 7.93. The van der Waals surface area contributed by atoms with Gasteiger partial charge in [-0.2, -0.15) is 5.10 Å². The first kappa shape index (κ1) is 15.3. The van der Waals surface area contributed by atoms with Gasteiger partial charge >= 0.3 is 0 Å². The molecule has 3 heterocycles. The van der Waals surface area contributed by atoms with Gasteiger partial charge in [0.25, 0.3) is 0 Å². The van der Waals surface area contributed by atoms with E-state index in [1.165, 1.54) is 5.56 Å². The van der Waals surface area contributed by atoms with E-state index in [0.717, 1.165) is 49.7 Å². The van der Waals surface area contributed by atoms with E-state index in [2.05, 4.69) is 21.5 Å². The van der Waals surface area contributed by atoms with Crippen molar-refractivity contribution in [2.24, 2.45) is 0 Å². The molecule has 2 atom stereocenters. The third-order valence-electron chi connectivity index (χ3n) is 4.97. The van der Waals surface area contributed by atoms with E-state index < -0.39 is 0 Å². The molecule has 0 saturated heterocycles. The molecule has 24 heavy (non-hydrogen) atoms. The van der Waals surface area contributed by atoms with Crippen molar-refractivity contribution in [1.29, 1.82) is 0 Å². The summed E-state index contributed by atoms with van der Waals surface area (Å²) in [6, 6.07) is 8.24. The summed E-state index contributed by atoms with van der Waals surface area (Å²) in [6.07, 6.45) is 2.85. The Hall–Kier alpha value is -2.21. The zero-order chi connectivity index (χ0) is 16.7. The normalized spacial score (nSPS) is 20.6. The summed E-state index contributed by atoms with van der Waals surface area (Å²) in [5.41, 5.74) is 2.33. The number of para-hydroxylation sites is 1. The summed E-state index contributed by atoms with van der Waals surface area (Å²) in [6.45, 7) is 5.45. The van der Waals surface area contributed by atoms with Gasteiger partial charge in [-0.1, -0.05) is 18.2 Å². The van der Waals surface area contributed by atoms with Crippen molar-refractivity contribution >= 4 is 11.6 Å². The van der Waals surface area contributed by atoms with Crippen LogP contribution < -0.4 is 10.2 Å². The Morgan fingerprint density at radius 3 is 3.04 bits per heavy atom. The highest BCUT2D eigenvalue weighted by Gasteiger charge is 2.30. The van der Waals surface area contributed by atoms with E-state index in [1.54, 1.807) is 0 Å². The third kappa shape index (κ3) is 2.71. The SMILES string of the molecule is Cc1nc2n(n1)C[C@@H](N[C@H](C)C(=O)N1CCc3ccccc31)CC2. The molecule has 1 amide bonds. The third-order valence-corrected chi connectivity index (χ3v) is 4.97. The average molecular weight is 325 g/mol. The Morgan fingerprint density at radius 1 is 1.33 bits per heavy atom. The molecule has 0 radical (unpaired) electrons. The number of aromatic nitrogens is 3. The molecule has 2 aliphatic heterocycles. The van der Waals surface area contributed by atoms with Crippen LogP contribution in [0.4, 0.5) is 5.69 Å². The molecule has 6 nitrogen and oxygen atoms in total. The molecule has 1 N–H and O–H groups in total. The molecule has 126 valence electrons. The van der Waals surface area contributed by atoms with Gasteiger partial charge in [0.1, 0.15) is 11.6 Å². The predicted octanol–water partition coefficient (Wildman–Crippen LogP) is 1.47. The van der Waals surface area contributed by atoms with Crippen LogP contribution in [0.1, 0.15) is 30.6 Å². The summed E-state index contributed by atoms with van der Waals surface area (Å²) < 4.78 is 1.97. The second kappa shape index (κ2) is 6.02.